The van der Waals surface area contributed by atoms with Gasteiger partial charge in [-0.2, -0.15) is 10.4 Å². The van der Waals surface area contributed by atoms with E-state index in [0.717, 1.165) is 54.7 Å². The zero-order valence-corrected chi connectivity index (χ0v) is 22.3. The van der Waals surface area contributed by atoms with Gasteiger partial charge in [0.1, 0.15) is 6.17 Å². The van der Waals surface area contributed by atoms with E-state index in [1.165, 1.54) is 4.88 Å². The molecule has 3 heterocycles. The van der Waals surface area contributed by atoms with Crippen molar-refractivity contribution in [3.8, 4) is 17.2 Å². The molecule has 6 rings (SSSR count). The highest BCUT2D eigenvalue weighted by molar-refractivity contribution is 7.15. The molecule has 7 nitrogen and oxygen atoms in total. The van der Waals surface area contributed by atoms with Gasteiger partial charge in [0, 0.05) is 41.3 Å². The number of amides is 1. The number of benzene rings is 2. The number of piperidine rings is 1. The third-order valence-corrected chi connectivity index (χ3v) is 8.66. The number of anilines is 1. The second-order valence-electron chi connectivity index (χ2n) is 10.3. The number of alkyl halides is 1. The number of rotatable bonds is 6. The first-order valence-corrected chi connectivity index (χ1v) is 14.2. The van der Waals surface area contributed by atoms with Gasteiger partial charge in [-0.15, -0.1) is 11.3 Å². The van der Waals surface area contributed by atoms with E-state index < -0.39 is 6.17 Å². The first kappa shape index (κ1) is 25.4. The molecule has 0 spiro atoms. The Bertz CT molecular complexity index is 1510. The van der Waals surface area contributed by atoms with E-state index in [1.54, 1.807) is 29.7 Å². The Labute approximate surface area is 230 Å². The van der Waals surface area contributed by atoms with E-state index in [2.05, 4.69) is 21.4 Å². The average molecular weight is 541 g/mol. The first-order valence-electron chi connectivity index (χ1n) is 13.3. The number of aromatic nitrogens is 3. The van der Waals surface area contributed by atoms with Crippen molar-refractivity contribution >= 4 is 22.4 Å². The summed E-state index contributed by atoms with van der Waals surface area (Å²) in [6.45, 7) is 2.19. The van der Waals surface area contributed by atoms with Crippen molar-refractivity contribution in [2.45, 2.75) is 50.9 Å². The molecular formula is C30H29FN6OS. The highest BCUT2D eigenvalue weighted by Gasteiger charge is 2.30. The van der Waals surface area contributed by atoms with E-state index in [0.29, 0.717) is 41.7 Å². The van der Waals surface area contributed by atoms with Crippen LogP contribution in [-0.4, -0.2) is 50.9 Å². The topological polar surface area (TPSA) is 86.8 Å². The zero-order valence-electron chi connectivity index (χ0n) is 21.5. The monoisotopic (exact) mass is 540 g/mol. The zero-order chi connectivity index (χ0) is 26.8. The van der Waals surface area contributed by atoms with Gasteiger partial charge < -0.3 is 0 Å². The van der Waals surface area contributed by atoms with Gasteiger partial charge in [0.05, 0.1) is 30.1 Å². The lowest BCUT2D eigenvalue weighted by atomic mass is 9.94. The summed E-state index contributed by atoms with van der Waals surface area (Å²) in [6, 6.07) is 17.5. The number of nitrogens with zero attached hydrogens (tertiary/aromatic N) is 5. The summed E-state index contributed by atoms with van der Waals surface area (Å²) in [5.74, 6) is -0.178. The number of nitriles is 1. The fourth-order valence-corrected chi connectivity index (χ4v) is 6.53. The standard InChI is InChI=1S/C30H29FN6OS/c31-25-10-12-36(13-11-25)26-8-9-27-28(15-26)39-30(34-27)35-29(38)23-3-1-2-21(14-23)18-37-19-24(17-33-37)22-6-4-20(16-32)5-7-22/h1-7,14,17,19,25-26H,8-13,15,18H2,(H,34,35,38). The maximum atomic E-state index is 13.6. The number of thiazole rings is 1. The Hall–Kier alpha value is -3.87. The molecule has 2 aliphatic rings. The molecule has 0 saturated carbocycles. The van der Waals surface area contributed by atoms with Crippen molar-refractivity contribution in [1.82, 2.24) is 19.7 Å². The summed E-state index contributed by atoms with van der Waals surface area (Å²) >= 11 is 1.56. The van der Waals surface area contributed by atoms with Crippen LogP contribution in [0.15, 0.2) is 60.9 Å². The van der Waals surface area contributed by atoms with E-state index >= 15 is 0 Å². The summed E-state index contributed by atoms with van der Waals surface area (Å²) in [6.07, 6.45) is 7.21. The van der Waals surface area contributed by atoms with Crippen LogP contribution in [0, 0.1) is 11.3 Å². The van der Waals surface area contributed by atoms with Gasteiger partial charge in [-0.3, -0.25) is 19.7 Å². The lowest BCUT2D eigenvalue weighted by molar-refractivity contribution is 0.102. The molecule has 1 unspecified atom stereocenters. The average Bonchev–Trinajstić information content (AvgIpc) is 3.60. The fraction of sp³-hybridized carbons (Fsp3) is 0.333. The number of carbonyl (C=O) groups is 1. The van der Waals surface area contributed by atoms with Crippen molar-refractivity contribution in [3.05, 3.63) is 88.2 Å². The maximum Gasteiger partial charge on any atom is 0.257 e. The minimum absolute atomic E-state index is 0.178. The number of fused-ring (bicyclic) bond motifs is 1. The molecule has 1 amide bonds. The lowest BCUT2D eigenvalue weighted by Gasteiger charge is -2.37. The molecule has 0 radical (unpaired) electrons. The highest BCUT2D eigenvalue weighted by atomic mass is 32.1. The Morgan fingerprint density at radius 2 is 1.95 bits per heavy atom. The fourth-order valence-electron chi connectivity index (χ4n) is 5.46. The quantitative estimate of drug-likeness (QED) is 0.351. The molecule has 9 heteroatoms. The van der Waals surface area contributed by atoms with Crippen molar-refractivity contribution in [3.63, 3.8) is 0 Å². The summed E-state index contributed by atoms with van der Waals surface area (Å²) in [7, 11) is 0. The largest absolute Gasteiger partial charge is 0.300 e. The molecule has 1 atom stereocenters. The Morgan fingerprint density at radius 1 is 1.13 bits per heavy atom. The lowest BCUT2D eigenvalue weighted by Crippen LogP contribution is -2.44. The minimum atomic E-state index is -0.657. The Morgan fingerprint density at radius 3 is 2.74 bits per heavy atom. The normalized spacial score (nSPS) is 17.9. The van der Waals surface area contributed by atoms with Crippen LogP contribution in [0.2, 0.25) is 0 Å². The third kappa shape index (κ3) is 5.77. The minimum Gasteiger partial charge on any atom is -0.300 e. The van der Waals surface area contributed by atoms with Crippen molar-refractivity contribution in [1.29, 1.82) is 5.26 Å². The SMILES string of the molecule is N#Cc1ccc(-c2cnn(Cc3cccc(C(=O)Nc4nc5c(s4)CC(N4CCC(F)CC4)CC5)c3)c2)cc1. The first-order chi connectivity index (χ1) is 19.0. The van der Waals surface area contributed by atoms with Crippen LogP contribution in [0.3, 0.4) is 0 Å². The predicted octanol–water partition coefficient (Wildman–Crippen LogP) is 5.47. The van der Waals surface area contributed by atoms with Crippen molar-refractivity contribution < 1.29 is 9.18 Å². The number of carbonyl (C=O) groups excluding carboxylic acids is 1. The number of likely N-dealkylation sites (tertiary alicyclic amines) is 1. The Balaban J connectivity index is 1.09. The molecular weight excluding hydrogens is 511 g/mol. The molecule has 1 N–H and O–H groups in total. The van der Waals surface area contributed by atoms with E-state index in [9.17, 15) is 9.18 Å². The van der Waals surface area contributed by atoms with Crippen LogP contribution >= 0.6 is 11.3 Å². The third-order valence-electron chi connectivity index (χ3n) is 7.62. The van der Waals surface area contributed by atoms with Crippen LogP contribution in [0.25, 0.3) is 11.1 Å². The molecule has 1 aliphatic heterocycles. The van der Waals surface area contributed by atoms with E-state index in [-0.39, 0.29) is 5.91 Å². The number of hydrogen-bond donors (Lipinski definition) is 1. The molecule has 198 valence electrons. The summed E-state index contributed by atoms with van der Waals surface area (Å²) in [5, 5.41) is 17.1. The molecule has 2 aromatic heterocycles. The van der Waals surface area contributed by atoms with E-state index in [4.69, 9.17) is 10.2 Å². The number of aryl methyl sites for hydroxylation is 1. The summed E-state index contributed by atoms with van der Waals surface area (Å²) in [5.41, 5.74) is 5.21. The van der Waals surface area contributed by atoms with Crippen LogP contribution in [0.1, 0.15) is 51.3 Å². The Kier molecular flexibility index (Phi) is 7.22. The van der Waals surface area contributed by atoms with E-state index in [1.807, 2.05) is 47.3 Å². The molecule has 39 heavy (non-hydrogen) atoms. The highest BCUT2D eigenvalue weighted by Crippen LogP contribution is 2.33. The molecule has 1 fully saturated rings. The molecule has 0 bridgehead atoms. The maximum absolute atomic E-state index is 13.6. The summed E-state index contributed by atoms with van der Waals surface area (Å²) < 4.78 is 15.4. The van der Waals surface area contributed by atoms with Crippen LogP contribution in [-0.2, 0) is 19.4 Å². The number of hydrogen-bond acceptors (Lipinski definition) is 6. The molecule has 2 aromatic carbocycles. The number of halogens is 1. The van der Waals surface area contributed by atoms with Gasteiger partial charge >= 0.3 is 0 Å². The van der Waals surface area contributed by atoms with Gasteiger partial charge in [0.25, 0.3) is 5.91 Å². The van der Waals surface area contributed by atoms with Gasteiger partial charge in [-0.25, -0.2) is 9.37 Å². The van der Waals surface area contributed by atoms with Gasteiger partial charge in [-0.05, 0) is 67.5 Å². The smallest absolute Gasteiger partial charge is 0.257 e. The second kappa shape index (κ2) is 11.1. The second-order valence-corrected chi connectivity index (χ2v) is 11.3. The number of nitrogens with one attached hydrogen (secondary N) is 1. The molecule has 4 aromatic rings. The summed E-state index contributed by atoms with van der Waals surface area (Å²) in [4.78, 5) is 21.5. The van der Waals surface area contributed by atoms with Crippen molar-refractivity contribution in [2.75, 3.05) is 18.4 Å². The van der Waals surface area contributed by atoms with Crippen LogP contribution in [0.4, 0.5) is 9.52 Å². The molecule has 1 aliphatic carbocycles. The van der Waals surface area contributed by atoms with Gasteiger partial charge in [-0.1, -0.05) is 24.3 Å². The predicted molar refractivity (Wildman–Crippen MR) is 150 cm³/mol. The van der Waals surface area contributed by atoms with Gasteiger partial charge in [0.15, 0.2) is 5.13 Å². The molecule has 1 saturated heterocycles. The van der Waals surface area contributed by atoms with Crippen LogP contribution in [0.5, 0.6) is 0 Å². The van der Waals surface area contributed by atoms with Crippen LogP contribution < -0.4 is 5.32 Å². The van der Waals surface area contributed by atoms with Crippen molar-refractivity contribution in [2.24, 2.45) is 0 Å². The van der Waals surface area contributed by atoms with Gasteiger partial charge in [0.2, 0.25) is 0 Å².